The summed E-state index contributed by atoms with van der Waals surface area (Å²) >= 11 is 0. The summed E-state index contributed by atoms with van der Waals surface area (Å²) < 4.78 is 0. The van der Waals surface area contributed by atoms with Gasteiger partial charge in [0, 0.05) is 19.1 Å². The van der Waals surface area contributed by atoms with Crippen LogP contribution < -0.4 is 11.1 Å². The van der Waals surface area contributed by atoms with Crippen LogP contribution >= 0.6 is 0 Å². The number of hydrogen-bond acceptors (Lipinski definition) is 3. The number of nitrogens with zero attached hydrogens (tertiary/aromatic N) is 1. The standard InChI is InChI=1S/C11H21N3O/c1-14(6-8-2-3-8)7-10(11(12)15)13-9-4-5-9/h8-10,13H,2-7H2,1H3,(H2,12,15). The van der Waals surface area contributed by atoms with Gasteiger partial charge < -0.3 is 16.0 Å². The number of rotatable bonds is 7. The lowest BCUT2D eigenvalue weighted by molar-refractivity contribution is -0.120. The van der Waals surface area contributed by atoms with E-state index in [0.29, 0.717) is 6.04 Å². The molecule has 1 atom stereocenters. The summed E-state index contributed by atoms with van der Waals surface area (Å²) in [7, 11) is 2.07. The Balaban J connectivity index is 1.72. The van der Waals surface area contributed by atoms with E-state index in [-0.39, 0.29) is 11.9 Å². The number of carbonyl (C=O) groups is 1. The van der Waals surface area contributed by atoms with Gasteiger partial charge in [0.2, 0.25) is 5.91 Å². The van der Waals surface area contributed by atoms with Crippen molar-refractivity contribution in [1.29, 1.82) is 0 Å². The average Bonchev–Trinajstić information content (AvgIpc) is 2.96. The summed E-state index contributed by atoms with van der Waals surface area (Å²) in [4.78, 5) is 13.5. The van der Waals surface area contributed by atoms with Crippen LogP contribution in [0.15, 0.2) is 0 Å². The molecule has 0 saturated heterocycles. The van der Waals surface area contributed by atoms with Crippen molar-refractivity contribution in [1.82, 2.24) is 10.2 Å². The molecule has 1 unspecified atom stereocenters. The third kappa shape index (κ3) is 3.80. The van der Waals surface area contributed by atoms with Crippen LogP contribution in [0.1, 0.15) is 25.7 Å². The normalized spacial score (nSPS) is 23.1. The Morgan fingerprint density at radius 1 is 1.47 bits per heavy atom. The minimum Gasteiger partial charge on any atom is -0.368 e. The van der Waals surface area contributed by atoms with Gasteiger partial charge in [-0.3, -0.25) is 4.79 Å². The molecule has 2 fully saturated rings. The Bertz CT molecular complexity index is 236. The fourth-order valence-corrected chi connectivity index (χ4v) is 1.89. The van der Waals surface area contributed by atoms with Crippen LogP contribution in [0.2, 0.25) is 0 Å². The van der Waals surface area contributed by atoms with Crippen molar-refractivity contribution < 1.29 is 4.79 Å². The van der Waals surface area contributed by atoms with Crippen molar-refractivity contribution in [2.75, 3.05) is 20.1 Å². The minimum absolute atomic E-state index is 0.166. The quantitative estimate of drug-likeness (QED) is 0.620. The van der Waals surface area contributed by atoms with Crippen molar-refractivity contribution in [2.24, 2.45) is 11.7 Å². The van der Waals surface area contributed by atoms with Crippen LogP contribution in [-0.4, -0.2) is 43.0 Å². The number of hydrogen-bond donors (Lipinski definition) is 2. The van der Waals surface area contributed by atoms with E-state index < -0.39 is 0 Å². The first kappa shape index (κ1) is 10.9. The number of amides is 1. The Morgan fingerprint density at radius 3 is 2.60 bits per heavy atom. The topological polar surface area (TPSA) is 58.4 Å². The molecular formula is C11H21N3O. The lowest BCUT2D eigenvalue weighted by atomic mass is 10.2. The number of nitrogens with two attached hydrogens (primary N) is 1. The van der Waals surface area contributed by atoms with E-state index in [1.807, 2.05) is 0 Å². The molecule has 0 aromatic heterocycles. The van der Waals surface area contributed by atoms with E-state index >= 15 is 0 Å². The third-order valence-electron chi connectivity index (χ3n) is 3.12. The van der Waals surface area contributed by atoms with E-state index in [4.69, 9.17) is 5.73 Å². The lowest BCUT2D eigenvalue weighted by Crippen LogP contribution is -2.49. The van der Waals surface area contributed by atoms with Crippen LogP contribution in [0.5, 0.6) is 0 Å². The van der Waals surface area contributed by atoms with Gasteiger partial charge in [0.1, 0.15) is 0 Å². The molecule has 0 aliphatic heterocycles. The van der Waals surface area contributed by atoms with Crippen LogP contribution in [0.3, 0.4) is 0 Å². The molecule has 4 nitrogen and oxygen atoms in total. The highest BCUT2D eigenvalue weighted by Crippen LogP contribution is 2.29. The molecule has 1 amide bonds. The Labute approximate surface area is 91.2 Å². The maximum absolute atomic E-state index is 11.2. The van der Waals surface area contributed by atoms with Gasteiger partial charge in [-0.25, -0.2) is 0 Å². The molecule has 0 aromatic rings. The van der Waals surface area contributed by atoms with Crippen molar-refractivity contribution in [3.8, 4) is 0 Å². The fraction of sp³-hybridized carbons (Fsp3) is 0.909. The Kier molecular flexibility index (Phi) is 3.26. The predicted molar refractivity (Wildman–Crippen MR) is 59.4 cm³/mol. The summed E-state index contributed by atoms with van der Waals surface area (Å²) in [6.45, 7) is 1.86. The highest BCUT2D eigenvalue weighted by Gasteiger charge is 2.29. The van der Waals surface area contributed by atoms with Crippen molar-refractivity contribution >= 4 is 5.91 Å². The lowest BCUT2D eigenvalue weighted by Gasteiger charge is -2.22. The molecule has 0 bridgehead atoms. The zero-order valence-corrected chi connectivity index (χ0v) is 9.41. The SMILES string of the molecule is CN(CC1CC1)CC(NC1CC1)C(N)=O. The van der Waals surface area contributed by atoms with Crippen LogP contribution in [-0.2, 0) is 4.79 Å². The van der Waals surface area contributed by atoms with Gasteiger partial charge in [-0.2, -0.15) is 0 Å². The first-order valence-electron chi connectivity index (χ1n) is 5.89. The van der Waals surface area contributed by atoms with Crippen LogP contribution in [0.25, 0.3) is 0 Å². The maximum Gasteiger partial charge on any atom is 0.235 e. The number of primary amides is 1. The van der Waals surface area contributed by atoms with Gasteiger partial charge in [0.05, 0.1) is 6.04 Å². The Hall–Kier alpha value is -0.610. The highest BCUT2D eigenvalue weighted by molar-refractivity contribution is 5.80. The summed E-state index contributed by atoms with van der Waals surface area (Å²) in [5.74, 6) is 0.647. The monoisotopic (exact) mass is 211 g/mol. The van der Waals surface area contributed by atoms with E-state index in [9.17, 15) is 4.79 Å². The molecule has 3 N–H and O–H groups in total. The molecule has 0 aromatic carbocycles. The van der Waals surface area contributed by atoms with Gasteiger partial charge in [-0.1, -0.05) is 0 Å². The molecule has 0 radical (unpaired) electrons. The summed E-state index contributed by atoms with van der Waals surface area (Å²) in [6, 6.07) is 0.373. The van der Waals surface area contributed by atoms with Crippen molar-refractivity contribution in [3.63, 3.8) is 0 Å². The Morgan fingerprint density at radius 2 is 2.13 bits per heavy atom. The first-order valence-corrected chi connectivity index (χ1v) is 5.89. The molecule has 86 valence electrons. The van der Waals surface area contributed by atoms with Crippen molar-refractivity contribution in [2.45, 2.75) is 37.8 Å². The second-order valence-electron chi connectivity index (χ2n) is 5.06. The molecule has 2 aliphatic rings. The fourth-order valence-electron chi connectivity index (χ4n) is 1.89. The second kappa shape index (κ2) is 4.49. The van der Waals surface area contributed by atoms with Gasteiger partial charge >= 0.3 is 0 Å². The maximum atomic E-state index is 11.2. The summed E-state index contributed by atoms with van der Waals surface area (Å²) in [5.41, 5.74) is 5.38. The number of carbonyl (C=O) groups excluding carboxylic acids is 1. The zero-order valence-electron chi connectivity index (χ0n) is 9.41. The molecule has 0 spiro atoms. The molecule has 15 heavy (non-hydrogen) atoms. The molecule has 4 heteroatoms. The van der Waals surface area contributed by atoms with Gasteiger partial charge in [-0.15, -0.1) is 0 Å². The summed E-state index contributed by atoms with van der Waals surface area (Å²) in [6.07, 6.45) is 5.08. The molecular weight excluding hydrogens is 190 g/mol. The predicted octanol–water partition coefficient (Wildman–Crippen LogP) is -0.0659. The number of likely N-dealkylation sites (N-methyl/N-ethyl adjacent to an activating group) is 1. The van der Waals surface area contributed by atoms with E-state index in [0.717, 1.165) is 19.0 Å². The third-order valence-corrected chi connectivity index (χ3v) is 3.12. The zero-order chi connectivity index (χ0) is 10.8. The van der Waals surface area contributed by atoms with Crippen LogP contribution in [0, 0.1) is 5.92 Å². The van der Waals surface area contributed by atoms with Crippen molar-refractivity contribution in [3.05, 3.63) is 0 Å². The van der Waals surface area contributed by atoms with Gasteiger partial charge in [-0.05, 0) is 38.6 Å². The van der Waals surface area contributed by atoms with Gasteiger partial charge in [0.15, 0.2) is 0 Å². The van der Waals surface area contributed by atoms with E-state index in [1.54, 1.807) is 0 Å². The largest absolute Gasteiger partial charge is 0.368 e. The first-order chi connectivity index (χ1) is 7.15. The average molecular weight is 211 g/mol. The van der Waals surface area contributed by atoms with Crippen LogP contribution in [0.4, 0.5) is 0 Å². The van der Waals surface area contributed by atoms with Gasteiger partial charge in [0.25, 0.3) is 0 Å². The number of nitrogens with one attached hydrogen (secondary N) is 1. The molecule has 2 aliphatic carbocycles. The molecule has 2 saturated carbocycles. The van der Waals surface area contributed by atoms with E-state index in [1.165, 1.54) is 25.7 Å². The molecule has 0 heterocycles. The minimum atomic E-state index is -0.218. The smallest absolute Gasteiger partial charge is 0.235 e. The summed E-state index contributed by atoms with van der Waals surface area (Å²) in [5, 5.41) is 3.30. The highest BCUT2D eigenvalue weighted by atomic mass is 16.1. The van der Waals surface area contributed by atoms with E-state index in [2.05, 4.69) is 17.3 Å². The second-order valence-corrected chi connectivity index (χ2v) is 5.06. The molecule has 2 rings (SSSR count).